The number of aliphatic hydroxyl groups is 1. The van der Waals surface area contributed by atoms with Crippen LogP contribution in [0.2, 0.25) is 0 Å². The molecule has 322 valence electrons. The van der Waals surface area contributed by atoms with E-state index in [0.717, 1.165) is 88.9 Å². The Balaban J connectivity index is 0.000000422. The van der Waals surface area contributed by atoms with Gasteiger partial charge in [-0.2, -0.15) is 0 Å². The van der Waals surface area contributed by atoms with Gasteiger partial charge in [0.25, 0.3) is 0 Å². The molecule has 17 heteroatoms. The van der Waals surface area contributed by atoms with Crippen molar-refractivity contribution < 1.29 is 43.2 Å². The number of alkyl carbamates (subject to hydrolysis) is 2. The van der Waals surface area contributed by atoms with E-state index >= 15 is 0 Å². The maximum atomic E-state index is 13.3. The van der Waals surface area contributed by atoms with Crippen molar-refractivity contribution in [1.82, 2.24) is 40.4 Å². The molecule has 3 amide bonds. The number of likely N-dealkylation sites (tertiary alicyclic amines) is 1. The fourth-order valence-electron chi connectivity index (χ4n) is 7.24. The number of hydrogen-bond donors (Lipinski definition) is 5. The van der Waals surface area contributed by atoms with Crippen LogP contribution in [0.4, 0.5) is 9.59 Å². The summed E-state index contributed by atoms with van der Waals surface area (Å²) in [6, 6.07) is 18.0. The molecule has 60 heavy (non-hydrogen) atoms. The van der Waals surface area contributed by atoms with Gasteiger partial charge in [0.15, 0.2) is 0 Å². The molecule has 3 unspecified atom stereocenters. The summed E-state index contributed by atoms with van der Waals surface area (Å²) in [6.07, 6.45) is 2.99. The standard InChI is InChI=1S/C35H39N7O4.C7H13NO4.CH4O/c1-4-26(40-35(44)45-3)34(43)42-13-5-6-30(42)32-36-19-29(39-32)25-10-9-21-16-22(7-8-23(21)17-25)24-11-12-27-28(18-24)38-33(37-27)31-20-46-15-14-41(31)2;1-5(11-2)6(4-9)8-7(10)12-3;1-2/h7-12,16-19,26,30-31H,4-6,13-15,20H2,1-3H3,(H,36,39)(H,37,38)(H,40,44);4-6H,1-3H3,(H,8,10);2H,1H3/t26-,30-,31?;;/m0../s1. The molecule has 3 aromatic carbocycles. The number of aromatic amines is 2. The van der Waals surface area contributed by atoms with Gasteiger partial charge in [-0.1, -0.05) is 37.3 Å². The van der Waals surface area contributed by atoms with E-state index in [9.17, 15) is 19.2 Å². The molecule has 5 aromatic rings. The average molecular weight is 829 g/mol. The molecule has 0 bridgehead atoms. The summed E-state index contributed by atoms with van der Waals surface area (Å²) in [5, 5.41) is 14.2. The molecule has 0 saturated carbocycles. The number of rotatable bonds is 11. The Morgan fingerprint density at radius 3 is 2.25 bits per heavy atom. The largest absolute Gasteiger partial charge is 0.453 e. The zero-order valence-corrected chi connectivity index (χ0v) is 35.2. The van der Waals surface area contributed by atoms with Crippen molar-refractivity contribution in [2.45, 2.75) is 63.4 Å². The summed E-state index contributed by atoms with van der Waals surface area (Å²) in [7, 11) is 7.10. The monoisotopic (exact) mass is 828 g/mol. The first-order valence-electron chi connectivity index (χ1n) is 19.9. The molecule has 4 heterocycles. The zero-order valence-electron chi connectivity index (χ0n) is 35.2. The van der Waals surface area contributed by atoms with Crippen LogP contribution in [-0.2, 0) is 28.5 Å². The van der Waals surface area contributed by atoms with Crippen molar-refractivity contribution in [2.24, 2.45) is 0 Å². The molecule has 2 saturated heterocycles. The highest BCUT2D eigenvalue weighted by atomic mass is 16.5. The van der Waals surface area contributed by atoms with Gasteiger partial charge in [0.1, 0.15) is 30.0 Å². The number of imidazole rings is 2. The van der Waals surface area contributed by atoms with Crippen molar-refractivity contribution >= 4 is 46.2 Å². The van der Waals surface area contributed by atoms with Gasteiger partial charge in [-0.15, -0.1) is 0 Å². The van der Waals surface area contributed by atoms with Gasteiger partial charge in [0.2, 0.25) is 5.91 Å². The van der Waals surface area contributed by atoms with E-state index in [-0.39, 0.29) is 24.1 Å². The highest BCUT2D eigenvalue weighted by molar-refractivity contribution is 5.92. The number of morpholine rings is 1. The topological polar surface area (TPSA) is 213 Å². The lowest BCUT2D eigenvalue weighted by molar-refractivity contribution is -0.134. The van der Waals surface area contributed by atoms with E-state index in [1.54, 1.807) is 6.92 Å². The molecule has 2 aliphatic heterocycles. The van der Waals surface area contributed by atoms with Crippen molar-refractivity contribution in [1.29, 1.82) is 0 Å². The van der Waals surface area contributed by atoms with E-state index < -0.39 is 24.3 Å². The van der Waals surface area contributed by atoms with Crippen LogP contribution in [0.1, 0.15) is 56.8 Å². The number of fused-ring (bicyclic) bond motifs is 2. The molecule has 2 aliphatic rings. The van der Waals surface area contributed by atoms with Gasteiger partial charge in [0.05, 0.1) is 68.5 Å². The van der Waals surface area contributed by atoms with Gasteiger partial charge in [0, 0.05) is 32.9 Å². The average Bonchev–Trinajstić information content (AvgIpc) is 4.08. The van der Waals surface area contributed by atoms with Crippen molar-refractivity contribution in [3.63, 3.8) is 0 Å². The van der Waals surface area contributed by atoms with Crippen molar-refractivity contribution in [3.05, 3.63) is 72.4 Å². The fourth-order valence-corrected chi connectivity index (χ4v) is 7.24. The molecule has 0 spiro atoms. The molecule has 7 rings (SSSR count). The van der Waals surface area contributed by atoms with Crippen LogP contribution in [0, 0.1) is 0 Å². The van der Waals surface area contributed by atoms with Crippen molar-refractivity contribution in [3.8, 4) is 22.4 Å². The van der Waals surface area contributed by atoms with Gasteiger partial charge < -0.3 is 54.3 Å². The van der Waals surface area contributed by atoms with Crippen LogP contribution < -0.4 is 10.6 Å². The Kier molecular flexibility index (Phi) is 16.1. The molecule has 2 aromatic heterocycles. The minimum atomic E-state index is -0.664. The van der Waals surface area contributed by atoms with E-state index in [1.165, 1.54) is 21.3 Å². The van der Waals surface area contributed by atoms with Gasteiger partial charge in [-0.3, -0.25) is 9.69 Å². The maximum Gasteiger partial charge on any atom is 0.407 e. The summed E-state index contributed by atoms with van der Waals surface area (Å²) >= 11 is 0. The Morgan fingerprint density at radius 1 is 0.917 bits per heavy atom. The van der Waals surface area contributed by atoms with E-state index in [4.69, 9.17) is 24.3 Å². The summed E-state index contributed by atoms with van der Waals surface area (Å²) in [6.45, 7) is 6.46. The van der Waals surface area contributed by atoms with Crippen molar-refractivity contribution in [2.75, 3.05) is 61.8 Å². The minimum Gasteiger partial charge on any atom is -0.453 e. The second kappa shape index (κ2) is 21.4. The normalized spacial score (nSPS) is 18.0. The van der Waals surface area contributed by atoms with Gasteiger partial charge in [-0.25, -0.2) is 19.6 Å². The Hall–Kier alpha value is -5.88. The first-order chi connectivity index (χ1) is 29.1. The number of carbonyl (C=O) groups is 4. The SMILES string of the molecule is CC[C@H](NC(=O)OC)C(=O)N1CCC[C@H]1c1ncc(-c2ccc3cc(-c4ccc5nc(C6COCCN6C)[nH]c5c4)ccc3c2)[nH]1.CO.COC(=O)NC(C=O)C(C)OC. The van der Waals surface area contributed by atoms with Crippen LogP contribution in [-0.4, -0.2) is 139 Å². The molecule has 2 fully saturated rings. The summed E-state index contributed by atoms with van der Waals surface area (Å²) in [4.78, 5) is 66.8. The number of amides is 3. The minimum absolute atomic E-state index is 0.117. The third-order valence-corrected chi connectivity index (χ3v) is 10.8. The number of methoxy groups -OCH3 is 3. The quantitative estimate of drug-likeness (QED) is 0.110. The molecule has 5 N–H and O–H groups in total. The molecular weight excluding hydrogens is 773 g/mol. The number of nitrogens with one attached hydrogen (secondary N) is 4. The van der Waals surface area contributed by atoms with E-state index in [0.29, 0.717) is 25.9 Å². The second-order valence-electron chi connectivity index (χ2n) is 14.4. The summed E-state index contributed by atoms with van der Waals surface area (Å²) in [5.74, 6) is 1.58. The highest BCUT2D eigenvalue weighted by Crippen LogP contribution is 2.34. The molecule has 17 nitrogen and oxygen atoms in total. The fraction of sp³-hybridized carbons (Fsp3) is 0.442. The van der Waals surface area contributed by atoms with Crippen LogP contribution >= 0.6 is 0 Å². The molecule has 0 radical (unpaired) electrons. The van der Waals surface area contributed by atoms with Crippen LogP contribution in [0.15, 0.2) is 60.8 Å². The number of H-pyrrole nitrogens is 2. The Morgan fingerprint density at radius 2 is 1.58 bits per heavy atom. The lowest BCUT2D eigenvalue weighted by atomic mass is 9.99. The third-order valence-electron chi connectivity index (χ3n) is 10.8. The lowest BCUT2D eigenvalue weighted by Gasteiger charge is -2.30. The number of aromatic nitrogens is 4. The predicted octanol–water partition coefficient (Wildman–Crippen LogP) is 5.13. The third kappa shape index (κ3) is 10.6. The number of carbonyl (C=O) groups excluding carboxylic acids is 4. The second-order valence-corrected chi connectivity index (χ2v) is 14.4. The smallest absolute Gasteiger partial charge is 0.407 e. The number of aliphatic hydroxyl groups excluding tert-OH is 1. The maximum absolute atomic E-state index is 13.3. The highest BCUT2D eigenvalue weighted by Gasteiger charge is 2.36. The van der Waals surface area contributed by atoms with Crippen LogP contribution in [0.3, 0.4) is 0 Å². The van der Waals surface area contributed by atoms with Crippen LogP contribution in [0.5, 0.6) is 0 Å². The summed E-state index contributed by atoms with van der Waals surface area (Å²) in [5.41, 5.74) is 6.16. The number of hydrogen-bond acceptors (Lipinski definition) is 12. The van der Waals surface area contributed by atoms with E-state index in [2.05, 4.69) is 96.9 Å². The Labute approximate surface area is 349 Å². The predicted molar refractivity (Wildman–Crippen MR) is 226 cm³/mol. The lowest BCUT2D eigenvalue weighted by Crippen LogP contribution is -2.48. The summed E-state index contributed by atoms with van der Waals surface area (Å²) < 4.78 is 19.6. The number of benzene rings is 3. The van der Waals surface area contributed by atoms with Gasteiger partial charge >= 0.3 is 12.2 Å². The van der Waals surface area contributed by atoms with Crippen LogP contribution in [0.25, 0.3) is 44.2 Å². The van der Waals surface area contributed by atoms with Gasteiger partial charge in [-0.05, 0) is 79.4 Å². The number of nitrogens with zero attached hydrogens (tertiary/aromatic N) is 4. The van der Waals surface area contributed by atoms with E-state index in [1.807, 2.05) is 18.0 Å². The molecular formula is C43H56N8O9. The zero-order chi connectivity index (χ0) is 43.3. The number of likely N-dealkylation sites (N-methyl/N-ethyl adjacent to an activating group) is 1. The first kappa shape index (κ1) is 45.2. The number of ether oxygens (including phenoxy) is 4. The Bertz CT molecular complexity index is 2220. The first-order valence-corrected chi connectivity index (χ1v) is 19.9. The molecule has 5 atom stereocenters. The number of aldehydes is 1. The molecule has 0 aliphatic carbocycles.